The highest BCUT2D eigenvalue weighted by molar-refractivity contribution is 7.07. The first-order valence-electron chi connectivity index (χ1n) is 10.6. The molecule has 0 N–H and O–H groups in total. The van der Waals surface area contributed by atoms with E-state index in [2.05, 4.69) is 13.8 Å². The van der Waals surface area contributed by atoms with E-state index in [4.69, 9.17) is 16.6 Å². The van der Waals surface area contributed by atoms with Gasteiger partial charge in [0.25, 0.3) is 5.56 Å². The van der Waals surface area contributed by atoms with Crippen molar-refractivity contribution in [1.82, 2.24) is 4.57 Å². The van der Waals surface area contributed by atoms with Crippen LogP contribution >= 0.6 is 22.9 Å². The molecule has 1 aliphatic heterocycles. The molecule has 2 heterocycles. The number of halogens is 1. The van der Waals surface area contributed by atoms with Gasteiger partial charge in [-0.3, -0.25) is 14.2 Å². The Hall–Kier alpha value is -2.76. The summed E-state index contributed by atoms with van der Waals surface area (Å²) in [6.07, 6.45) is 3.06. The van der Waals surface area contributed by atoms with Crippen LogP contribution in [0.25, 0.3) is 6.08 Å². The minimum Gasteiger partial charge on any atom is -0.294 e. The highest BCUT2D eigenvalue weighted by Crippen LogP contribution is 2.43. The van der Waals surface area contributed by atoms with Gasteiger partial charge in [0.2, 0.25) is 0 Å². The van der Waals surface area contributed by atoms with E-state index < -0.39 is 6.04 Å². The molecular weight excluding hydrogens is 440 g/mol. The van der Waals surface area contributed by atoms with Gasteiger partial charge in [0.15, 0.2) is 10.6 Å². The van der Waals surface area contributed by atoms with Crippen molar-refractivity contribution in [3.63, 3.8) is 0 Å². The summed E-state index contributed by atoms with van der Waals surface area (Å²) in [6.45, 7) is 6.21. The minimum atomic E-state index is -0.484. The Morgan fingerprint density at radius 1 is 1.12 bits per heavy atom. The lowest BCUT2D eigenvalue weighted by atomic mass is 9.73. The average Bonchev–Trinajstić information content (AvgIpc) is 3.01. The second-order valence-corrected chi connectivity index (χ2v) is 10.8. The Balaban J connectivity index is 1.77. The van der Waals surface area contributed by atoms with Crippen LogP contribution in [0.5, 0.6) is 0 Å². The number of thiazole rings is 1. The average molecular weight is 463 g/mol. The van der Waals surface area contributed by atoms with Gasteiger partial charge >= 0.3 is 0 Å². The van der Waals surface area contributed by atoms with Crippen LogP contribution in [0.2, 0.25) is 5.02 Å². The van der Waals surface area contributed by atoms with Crippen molar-refractivity contribution < 1.29 is 4.79 Å². The number of rotatable bonds is 2. The van der Waals surface area contributed by atoms with Crippen molar-refractivity contribution in [2.75, 3.05) is 0 Å². The molecule has 1 atom stereocenters. The Morgan fingerprint density at radius 3 is 2.59 bits per heavy atom. The fraction of sp³-hybridized carbons (Fsp3) is 0.269. The summed E-state index contributed by atoms with van der Waals surface area (Å²) < 4.78 is 2.30. The fourth-order valence-corrected chi connectivity index (χ4v) is 5.77. The molecule has 1 aliphatic carbocycles. The lowest BCUT2D eigenvalue weighted by Crippen LogP contribution is -2.42. The molecule has 0 amide bonds. The molecule has 0 saturated carbocycles. The van der Waals surface area contributed by atoms with Crippen molar-refractivity contribution in [1.29, 1.82) is 0 Å². The van der Waals surface area contributed by atoms with E-state index in [1.807, 2.05) is 49.4 Å². The van der Waals surface area contributed by atoms with Gasteiger partial charge in [0.1, 0.15) is 0 Å². The molecule has 0 radical (unpaired) electrons. The molecule has 0 bridgehead atoms. The first-order valence-corrected chi connectivity index (χ1v) is 11.8. The van der Waals surface area contributed by atoms with Crippen LogP contribution in [-0.4, -0.2) is 10.4 Å². The van der Waals surface area contributed by atoms with Gasteiger partial charge in [-0.15, -0.1) is 0 Å². The molecule has 4 nitrogen and oxygen atoms in total. The summed E-state index contributed by atoms with van der Waals surface area (Å²) in [5, 5.41) is 0.617. The maximum atomic E-state index is 13.6. The lowest BCUT2D eigenvalue weighted by Gasteiger charge is -2.35. The molecule has 162 valence electrons. The number of fused-ring (bicyclic) bond motifs is 1. The van der Waals surface area contributed by atoms with Crippen LogP contribution < -0.4 is 14.9 Å². The zero-order valence-corrected chi connectivity index (χ0v) is 19.8. The number of hydrogen-bond acceptors (Lipinski definition) is 4. The summed E-state index contributed by atoms with van der Waals surface area (Å²) in [6, 6.07) is 15.0. The van der Waals surface area contributed by atoms with E-state index in [-0.39, 0.29) is 16.8 Å². The molecule has 2 aromatic carbocycles. The summed E-state index contributed by atoms with van der Waals surface area (Å²) in [7, 11) is 0. The number of aromatic nitrogens is 1. The normalized spacial score (nSPS) is 20.1. The number of ketones is 1. The Kier molecular flexibility index (Phi) is 5.06. The quantitative estimate of drug-likeness (QED) is 0.560. The van der Waals surface area contributed by atoms with Gasteiger partial charge in [-0.1, -0.05) is 78.7 Å². The molecule has 0 spiro atoms. The number of Topliss-reactive ketones (excluding diaryl/α,β-unsaturated/α-hetero) is 1. The van der Waals surface area contributed by atoms with Crippen LogP contribution in [0.15, 0.2) is 69.6 Å². The van der Waals surface area contributed by atoms with Crippen LogP contribution in [0.4, 0.5) is 0 Å². The van der Waals surface area contributed by atoms with E-state index in [1.54, 1.807) is 16.7 Å². The van der Waals surface area contributed by atoms with Crippen LogP contribution in [0, 0.1) is 12.3 Å². The van der Waals surface area contributed by atoms with E-state index in [1.165, 1.54) is 11.3 Å². The second-order valence-electron chi connectivity index (χ2n) is 9.35. The van der Waals surface area contributed by atoms with Crippen LogP contribution in [0.1, 0.15) is 49.4 Å². The van der Waals surface area contributed by atoms with E-state index in [9.17, 15) is 9.59 Å². The fourth-order valence-electron chi connectivity index (χ4n) is 4.62. The number of aryl methyl sites for hydroxylation is 1. The van der Waals surface area contributed by atoms with Gasteiger partial charge in [-0.2, -0.15) is 0 Å². The third kappa shape index (κ3) is 3.70. The standard InChI is InChI=1S/C26H23ClN2O2S/c1-15-5-4-6-16(11-15)12-21-24(31)29-23(17-7-9-18(27)10-8-17)22-19(28-25(29)32-21)13-26(2,3)14-20(22)30/h4-12,23H,13-14H2,1-3H3. The first kappa shape index (κ1) is 21.1. The third-order valence-electron chi connectivity index (χ3n) is 6.02. The zero-order chi connectivity index (χ0) is 22.6. The highest BCUT2D eigenvalue weighted by atomic mass is 35.5. The molecule has 1 aromatic heterocycles. The summed E-state index contributed by atoms with van der Waals surface area (Å²) in [5.41, 5.74) is 4.14. The topological polar surface area (TPSA) is 51.4 Å². The molecule has 2 aliphatic rings. The Labute approximate surface area is 195 Å². The molecule has 5 rings (SSSR count). The number of benzene rings is 2. The van der Waals surface area contributed by atoms with Crippen molar-refractivity contribution >= 4 is 34.8 Å². The van der Waals surface area contributed by atoms with E-state index in [0.29, 0.717) is 32.8 Å². The molecule has 6 heteroatoms. The Bertz CT molecular complexity index is 1460. The predicted octanol–water partition coefficient (Wildman–Crippen LogP) is 4.57. The van der Waals surface area contributed by atoms with Crippen molar-refractivity contribution in [2.45, 2.75) is 39.7 Å². The summed E-state index contributed by atoms with van der Waals surface area (Å²) >= 11 is 7.50. The SMILES string of the molecule is Cc1cccc(C=c2sc3n(c2=O)C(c2ccc(Cl)cc2)C2=C(CC(C)(C)CC2=O)N=3)c1. The van der Waals surface area contributed by atoms with Gasteiger partial charge in [-0.05, 0) is 48.1 Å². The highest BCUT2D eigenvalue weighted by Gasteiger charge is 2.40. The molecular formula is C26H23ClN2O2S. The zero-order valence-electron chi connectivity index (χ0n) is 18.2. The number of carbonyl (C=O) groups is 1. The summed E-state index contributed by atoms with van der Waals surface area (Å²) in [5.74, 6) is 0.0629. The maximum absolute atomic E-state index is 13.6. The van der Waals surface area contributed by atoms with Gasteiger partial charge in [-0.25, -0.2) is 4.99 Å². The van der Waals surface area contributed by atoms with Crippen molar-refractivity contribution in [3.8, 4) is 0 Å². The lowest BCUT2D eigenvalue weighted by molar-refractivity contribution is -0.118. The minimum absolute atomic E-state index is 0.0629. The molecule has 0 fully saturated rings. The summed E-state index contributed by atoms with van der Waals surface area (Å²) in [4.78, 5) is 32.4. The second kappa shape index (κ2) is 7.68. The number of nitrogens with zero attached hydrogens (tertiary/aromatic N) is 2. The van der Waals surface area contributed by atoms with Crippen LogP contribution in [0.3, 0.4) is 0 Å². The number of allylic oxidation sites excluding steroid dienone is 2. The van der Waals surface area contributed by atoms with Crippen LogP contribution in [-0.2, 0) is 4.79 Å². The Morgan fingerprint density at radius 2 is 1.88 bits per heavy atom. The number of hydrogen-bond donors (Lipinski definition) is 0. The first-order chi connectivity index (χ1) is 15.2. The van der Waals surface area contributed by atoms with Crippen molar-refractivity contribution in [2.24, 2.45) is 10.4 Å². The maximum Gasteiger partial charge on any atom is 0.271 e. The smallest absolute Gasteiger partial charge is 0.271 e. The molecule has 1 unspecified atom stereocenters. The van der Waals surface area contributed by atoms with Gasteiger partial charge < -0.3 is 0 Å². The molecule has 0 saturated heterocycles. The van der Waals surface area contributed by atoms with Gasteiger partial charge in [0, 0.05) is 17.0 Å². The third-order valence-corrected chi connectivity index (χ3v) is 7.26. The predicted molar refractivity (Wildman–Crippen MR) is 129 cm³/mol. The van der Waals surface area contributed by atoms with Gasteiger partial charge in [0.05, 0.1) is 16.3 Å². The largest absolute Gasteiger partial charge is 0.294 e. The molecule has 3 aromatic rings. The monoisotopic (exact) mass is 462 g/mol. The van der Waals surface area contributed by atoms with Crippen molar-refractivity contribution in [3.05, 3.63) is 101 Å². The van der Waals surface area contributed by atoms with E-state index in [0.717, 1.165) is 22.4 Å². The number of carbonyl (C=O) groups excluding carboxylic acids is 1. The van der Waals surface area contributed by atoms with E-state index >= 15 is 0 Å². The molecule has 32 heavy (non-hydrogen) atoms.